The molecule has 84 valence electrons. The van der Waals surface area contributed by atoms with Gasteiger partial charge in [0.05, 0.1) is 6.54 Å². The van der Waals surface area contributed by atoms with E-state index in [1.807, 2.05) is 30.3 Å². The summed E-state index contributed by atoms with van der Waals surface area (Å²) in [7, 11) is 0. The third kappa shape index (κ3) is 2.04. The second-order valence-electron chi connectivity index (χ2n) is 3.60. The minimum Gasteiger partial charge on any atom is -0.444 e. The van der Waals surface area contributed by atoms with Crippen molar-refractivity contribution in [1.82, 2.24) is 4.90 Å². The van der Waals surface area contributed by atoms with Crippen molar-refractivity contribution in [3.8, 4) is 0 Å². The molecule has 1 atom stereocenters. The second-order valence-corrected chi connectivity index (χ2v) is 3.60. The van der Waals surface area contributed by atoms with Crippen LogP contribution in [0.5, 0.6) is 0 Å². The number of rotatable bonds is 2. The van der Waals surface area contributed by atoms with Crippen LogP contribution in [0, 0.1) is 0 Å². The van der Waals surface area contributed by atoms with Gasteiger partial charge in [0.25, 0.3) is 5.91 Å². The summed E-state index contributed by atoms with van der Waals surface area (Å²) in [6.07, 6.45) is -0.629. The summed E-state index contributed by atoms with van der Waals surface area (Å²) >= 11 is 0. The van der Waals surface area contributed by atoms with Crippen LogP contribution in [0.3, 0.4) is 0 Å². The van der Waals surface area contributed by atoms with Crippen molar-refractivity contribution in [3.05, 3.63) is 35.9 Å². The van der Waals surface area contributed by atoms with E-state index in [0.717, 1.165) is 10.5 Å². The first kappa shape index (κ1) is 10.6. The fraction of sp³-hybridized carbons (Fsp3) is 0.273. The third-order valence-electron chi connectivity index (χ3n) is 2.39. The first-order valence-electron chi connectivity index (χ1n) is 4.96. The first-order valence-corrected chi connectivity index (χ1v) is 4.96. The molecule has 0 spiro atoms. The fourth-order valence-electron chi connectivity index (χ4n) is 1.41. The zero-order valence-electron chi connectivity index (χ0n) is 8.63. The summed E-state index contributed by atoms with van der Waals surface area (Å²) in [6, 6.07) is 8.73. The SMILES string of the molecule is N[C@H]1CN(C(=O)OCc2ccccc2)C1=O. The lowest BCUT2D eigenvalue weighted by atomic mass is 10.1. The van der Waals surface area contributed by atoms with E-state index in [9.17, 15) is 9.59 Å². The number of nitrogens with two attached hydrogens (primary N) is 1. The fourth-order valence-corrected chi connectivity index (χ4v) is 1.41. The monoisotopic (exact) mass is 220 g/mol. The Morgan fingerprint density at radius 1 is 1.44 bits per heavy atom. The summed E-state index contributed by atoms with van der Waals surface area (Å²) < 4.78 is 4.96. The van der Waals surface area contributed by atoms with E-state index >= 15 is 0 Å². The quantitative estimate of drug-likeness (QED) is 0.736. The summed E-state index contributed by atoms with van der Waals surface area (Å²) in [6.45, 7) is 0.408. The maximum Gasteiger partial charge on any atom is 0.416 e. The van der Waals surface area contributed by atoms with E-state index in [2.05, 4.69) is 0 Å². The Morgan fingerprint density at radius 2 is 2.12 bits per heavy atom. The predicted octanol–water partition coefficient (Wildman–Crippen LogP) is 0.493. The lowest BCUT2D eigenvalue weighted by Gasteiger charge is -2.32. The highest BCUT2D eigenvalue weighted by Crippen LogP contribution is 2.11. The van der Waals surface area contributed by atoms with Crippen LogP contribution in [0.4, 0.5) is 4.79 Å². The molecule has 1 heterocycles. The molecule has 1 aliphatic heterocycles. The van der Waals surface area contributed by atoms with Crippen LogP contribution in [-0.2, 0) is 16.1 Å². The van der Waals surface area contributed by atoms with Gasteiger partial charge >= 0.3 is 6.09 Å². The van der Waals surface area contributed by atoms with Crippen LogP contribution in [0.1, 0.15) is 5.56 Å². The van der Waals surface area contributed by atoms with Gasteiger partial charge in [-0.05, 0) is 5.56 Å². The number of carbonyl (C=O) groups is 2. The molecule has 1 aromatic rings. The zero-order chi connectivity index (χ0) is 11.5. The molecule has 2 amide bonds. The highest BCUT2D eigenvalue weighted by atomic mass is 16.6. The van der Waals surface area contributed by atoms with Crippen LogP contribution in [-0.4, -0.2) is 29.5 Å². The zero-order valence-corrected chi connectivity index (χ0v) is 8.63. The van der Waals surface area contributed by atoms with Gasteiger partial charge < -0.3 is 10.5 Å². The Bertz CT molecular complexity index is 405. The molecule has 0 bridgehead atoms. The largest absolute Gasteiger partial charge is 0.444 e. The van der Waals surface area contributed by atoms with E-state index in [1.165, 1.54) is 0 Å². The van der Waals surface area contributed by atoms with E-state index in [0.29, 0.717) is 0 Å². The minimum atomic E-state index is -0.629. The van der Waals surface area contributed by atoms with Crippen LogP contribution in [0.2, 0.25) is 0 Å². The molecule has 0 aliphatic carbocycles. The molecule has 2 N–H and O–H groups in total. The van der Waals surface area contributed by atoms with Crippen molar-refractivity contribution in [3.63, 3.8) is 0 Å². The van der Waals surface area contributed by atoms with Gasteiger partial charge in [-0.2, -0.15) is 0 Å². The standard InChI is InChI=1S/C11H12N2O3/c12-9-6-13(10(9)14)11(15)16-7-8-4-2-1-3-5-8/h1-5,9H,6-7,12H2/t9-/m0/s1. The Morgan fingerprint density at radius 3 is 2.69 bits per heavy atom. The van der Waals surface area contributed by atoms with Gasteiger partial charge in [-0.25, -0.2) is 9.69 Å². The van der Waals surface area contributed by atoms with Gasteiger partial charge in [0, 0.05) is 0 Å². The second kappa shape index (κ2) is 4.32. The number of benzene rings is 1. The topological polar surface area (TPSA) is 72.6 Å². The number of amides is 2. The number of likely N-dealkylation sites (tertiary alicyclic amines) is 1. The molecule has 1 fully saturated rings. The average Bonchev–Trinajstić information content (AvgIpc) is 2.33. The van der Waals surface area contributed by atoms with Gasteiger partial charge in [0.15, 0.2) is 0 Å². The number of hydrogen-bond acceptors (Lipinski definition) is 4. The highest BCUT2D eigenvalue weighted by Gasteiger charge is 2.39. The van der Waals surface area contributed by atoms with Crippen molar-refractivity contribution in [2.24, 2.45) is 5.73 Å². The van der Waals surface area contributed by atoms with Crippen molar-refractivity contribution in [1.29, 1.82) is 0 Å². The van der Waals surface area contributed by atoms with Gasteiger partial charge in [-0.3, -0.25) is 4.79 Å². The smallest absolute Gasteiger partial charge is 0.416 e. The van der Waals surface area contributed by atoms with Crippen molar-refractivity contribution in [2.75, 3.05) is 6.54 Å². The maximum atomic E-state index is 11.4. The van der Waals surface area contributed by atoms with Crippen LogP contribution in [0.15, 0.2) is 30.3 Å². The predicted molar refractivity (Wildman–Crippen MR) is 56.3 cm³/mol. The molecule has 1 aliphatic rings. The number of imide groups is 1. The molecule has 1 aromatic carbocycles. The Labute approximate surface area is 92.8 Å². The maximum absolute atomic E-state index is 11.4. The molecule has 5 heteroatoms. The highest BCUT2D eigenvalue weighted by molar-refractivity contribution is 6.00. The Kier molecular flexibility index (Phi) is 2.87. The van der Waals surface area contributed by atoms with E-state index < -0.39 is 12.1 Å². The number of ether oxygens (including phenoxy) is 1. The molecule has 0 unspecified atom stereocenters. The lowest BCUT2D eigenvalue weighted by molar-refractivity contribution is -0.139. The normalized spacial score (nSPS) is 19.2. The van der Waals surface area contributed by atoms with E-state index in [4.69, 9.17) is 10.5 Å². The molecule has 2 rings (SSSR count). The molecule has 0 saturated carbocycles. The van der Waals surface area contributed by atoms with Gasteiger partial charge in [-0.1, -0.05) is 30.3 Å². The Balaban J connectivity index is 1.83. The van der Waals surface area contributed by atoms with Crippen LogP contribution >= 0.6 is 0 Å². The van der Waals surface area contributed by atoms with Gasteiger partial charge in [-0.15, -0.1) is 0 Å². The van der Waals surface area contributed by atoms with Gasteiger partial charge in [0.2, 0.25) is 0 Å². The molecular weight excluding hydrogens is 208 g/mol. The van der Waals surface area contributed by atoms with E-state index in [1.54, 1.807) is 0 Å². The summed E-state index contributed by atoms with van der Waals surface area (Å²) in [4.78, 5) is 23.5. The summed E-state index contributed by atoms with van der Waals surface area (Å²) in [5, 5.41) is 0. The number of β-lactam (4-membered cyclic amide) rings is 1. The summed E-state index contributed by atoms with van der Waals surface area (Å²) in [5.41, 5.74) is 6.24. The third-order valence-corrected chi connectivity index (χ3v) is 2.39. The van der Waals surface area contributed by atoms with Crippen LogP contribution < -0.4 is 5.73 Å². The molecule has 0 radical (unpaired) electrons. The Hall–Kier alpha value is -1.88. The van der Waals surface area contributed by atoms with E-state index in [-0.39, 0.29) is 19.1 Å². The first-order chi connectivity index (χ1) is 7.68. The number of carbonyl (C=O) groups excluding carboxylic acids is 2. The molecule has 16 heavy (non-hydrogen) atoms. The summed E-state index contributed by atoms with van der Waals surface area (Å²) in [5.74, 6) is -0.377. The van der Waals surface area contributed by atoms with Gasteiger partial charge in [0.1, 0.15) is 12.6 Å². The van der Waals surface area contributed by atoms with Crippen molar-refractivity contribution < 1.29 is 14.3 Å². The van der Waals surface area contributed by atoms with Crippen molar-refractivity contribution in [2.45, 2.75) is 12.6 Å². The minimum absolute atomic E-state index is 0.165. The number of hydrogen-bond donors (Lipinski definition) is 1. The average molecular weight is 220 g/mol. The molecule has 5 nitrogen and oxygen atoms in total. The van der Waals surface area contributed by atoms with Crippen molar-refractivity contribution >= 4 is 12.0 Å². The molecule has 0 aromatic heterocycles. The lowest BCUT2D eigenvalue weighted by Crippen LogP contribution is -2.62. The number of nitrogens with zero attached hydrogens (tertiary/aromatic N) is 1. The van der Waals surface area contributed by atoms with Crippen LogP contribution in [0.25, 0.3) is 0 Å². The molecular formula is C11H12N2O3. The molecule has 1 saturated heterocycles.